The molecule has 0 aromatic rings. The van der Waals surface area contributed by atoms with Crippen molar-refractivity contribution < 1.29 is 4.74 Å². The third-order valence-electron chi connectivity index (χ3n) is 2.12. The van der Waals surface area contributed by atoms with E-state index < -0.39 is 0 Å². The summed E-state index contributed by atoms with van der Waals surface area (Å²) < 4.78 is 5.07. The van der Waals surface area contributed by atoms with Crippen molar-refractivity contribution in [3.63, 3.8) is 0 Å². The Morgan fingerprint density at radius 1 is 1.57 bits per heavy atom. The first-order chi connectivity index (χ1) is 6.74. The number of rotatable bonds is 9. The molecule has 1 atom stereocenters. The molecule has 0 aliphatic rings. The lowest BCUT2D eigenvalue weighted by molar-refractivity contribution is 0.145. The van der Waals surface area contributed by atoms with Crippen LogP contribution in [0.15, 0.2) is 12.7 Å². The van der Waals surface area contributed by atoms with Gasteiger partial charge in [-0.3, -0.25) is 4.90 Å². The Bertz CT molecular complexity index is 139. The number of hydrogen-bond acceptors (Lipinski definition) is 3. The Morgan fingerprint density at radius 3 is 2.79 bits per heavy atom. The molecule has 0 aliphatic heterocycles. The van der Waals surface area contributed by atoms with Gasteiger partial charge in [-0.15, -0.1) is 6.58 Å². The van der Waals surface area contributed by atoms with Crippen molar-refractivity contribution >= 4 is 0 Å². The summed E-state index contributed by atoms with van der Waals surface area (Å²) in [6, 6.07) is 0. The van der Waals surface area contributed by atoms with Crippen LogP contribution >= 0.6 is 0 Å². The minimum absolute atomic E-state index is 0.664. The zero-order valence-electron chi connectivity index (χ0n) is 9.75. The van der Waals surface area contributed by atoms with Gasteiger partial charge in [0.1, 0.15) is 0 Å². The first kappa shape index (κ1) is 13.6. The van der Waals surface area contributed by atoms with E-state index in [4.69, 9.17) is 4.74 Å². The lowest BCUT2D eigenvalue weighted by atomic mass is 10.1. The van der Waals surface area contributed by atoms with E-state index in [1.54, 1.807) is 7.11 Å². The molecule has 84 valence electrons. The average Bonchev–Trinajstić information content (AvgIpc) is 2.15. The molecule has 0 saturated carbocycles. The molecule has 0 heterocycles. The zero-order chi connectivity index (χ0) is 10.8. The molecule has 0 aliphatic carbocycles. The molecule has 0 aromatic heterocycles. The first-order valence-corrected chi connectivity index (χ1v) is 5.21. The summed E-state index contributed by atoms with van der Waals surface area (Å²) in [6.07, 6.45) is 1.95. The van der Waals surface area contributed by atoms with Gasteiger partial charge in [-0.2, -0.15) is 0 Å². The maximum atomic E-state index is 5.07. The largest absolute Gasteiger partial charge is 0.383 e. The molecule has 3 nitrogen and oxygen atoms in total. The molecular weight excluding hydrogens is 176 g/mol. The third-order valence-corrected chi connectivity index (χ3v) is 2.12. The van der Waals surface area contributed by atoms with Crippen LogP contribution in [0, 0.1) is 5.92 Å². The maximum Gasteiger partial charge on any atom is 0.0589 e. The lowest BCUT2D eigenvalue weighted by Gasteiger charge is -2.23. The summed E-state index contributed by atoms with van der Waals surface area (Å²) >= 11 is 0. The standard InChI is InChI=1S/C11H24N2O/c1-5-6-13(7-8-14-4)10-11(2)9-12-3/h5,11-12H,1,6-10H2,2-4H3. The first-order valence-electron chi connectivity index (χ1n) is 5.21. The van der Waals surface area contributed by atoms with Crippen LogP contribution in [0.3, 0.4) is 0 Å². The highest BCUT2D eigenvalue weighted by molar-refractivity contribution is 4.75. The Labute approximate surface area is 88.1 Å². The number of nitrogens with zero attached hydrogens (tertiary/aromatic N) is 1. The van der Waals surface area contributed by atoms with E-state index >= 15 is 0 Å². The van der Waals surface area contributed by atoms with Crippen LogP contribution in [-0.2, 0) is 4.74 Å². The lowest BCUT2D eigenvalue weighted by Crippen LogP contribution is -2.34. The van der Waals surface area contributed by atoms with Gasteiger partial charge in [-0.25, -0.2) is 0 Å². The van der Waals surface area contributed by atoms with E-state index in [0.29, 0.717) is 5.92 Å². The highest BCUT2D eigenvalue weighted by atomic mass is 16.5. The van der Waals surface area contributed by atoms with Crippen molar-refractivity contribution in [1.82, 2.24) is 10.2 Å². The van der Waals surface area contributed by atoms with Gasteiger partial charge in [0.15, 0.2) is 0 Å². The predicted molar refractivity (Wildman–Crippen MR) is 61.6 cm³/mol. The molecule has 0 saturated heterocycles. The SMILES string of the molecule is C=CCN(CCOC)CC(C)CNC. The quantitative estimate of drug-likeness (QED) is 0.561. The third kappa shape index (κ3) is 7.06. The van der Waals surface area contributed by atoms with E-state index in [2.05, 4.69) is 23.7 Å². The maximum absolute atomic E-state index is 5.07. The molecule has 0 fully saturated rings. The molecule has 1 unspecified atom stereocenters. The van der Waals surface area contributed by atoms with E-state index in [-0.39, 0.29) is 0 Å². The van der Waals surface area contributed by atoms with Crippen molar-refractivity contribution in [1.29, 1.82) is 0 Å². The predicted octanol–water partition coefficient (Wildman–Crippen LogP) is 0.976. The number of methoxy groups -OCH3 is 1. The fourth-order valence-corrected chi connectivity index (χ4v) is 1.51. The summed E-state index contributed by atoms with van der Waals surface area (Å²) in [5.41, 5.74) is 0. The Morgan fingerprint density at radius 2 is 2.29 bits per heavy atom. The number of ether oxygens (including phenoxy) is 1. The number of hydrogen-bond donors (Lipinski definition) is 1. The Kier molecular flexibility index (Phi) is 8.94. The van der Waals surface area contributed by atoms with Crippen LogP contribution in [0.5, 0.6) is 0 Å². The van der Waals surface area contributed by atoms with E-state index in [1.807, 2.05) is 13.1 Å². The van der Waals surface area contributed by atoms with Crippen LogP contribution in [0.1, 0.15) is 6.92 Å². The Hall–Kier alpha value is -0.380. The van der Waals surface area contributed by atoms with Crippen LogP contribution in [0.2, 0.25) is 0 Å². The van der Waals surface area contributed by atoms with Crippen molar-refractivity contribution in [2.24, 2.45) is 5.92 Å². The van der Waals surface area contributed by atoms with Crippen LogP contribution in [0.4, 0.5) is 0 Å². The second-order valence-electron chi connectivity index (χ2n) is 3.70. The normalized spacial score (nSPS) is 13.1. The highest BCUT2D eigenvalue weighted by Gasteiger charge is 2.07. The second-order valence-corrected chi connectivity index (χ2v) is 3.70. The fraction of sp³-hybridized carbons (Fsp3) is 0.818. The summed E-state index contributed by atoms with van der Waals surface area (Å²) in [6.45, 7) is 10.9. The van der Waals surface area contributed by atoms with E-state index in [0.717, 1.165) is 32.8 Å². The molecule has 0 aromatic carbocycles. The van der Waals surface area contributed by atoms with Crippen molar-refractivity contribution in [3.05, 3.63) is 12.7 Å². The summed E-state index contributed by atoms with van der Waals surface area (Å²) in [7, 11) is 3.73. The van der Waals surface area contributed by atoms with Crippen LogP contribution < -0.4 is 5.32 Å². The average molecular weight is 200 g/mol. The minimum Gasteiger partial charge on any atom is -0.383 e. The van der Waals surface area contributed by atoms with E-state index in [9.17, 15) is 0 Å². The molecule has 14 heavy (non-hydrogen) atoms. The van der Waals surface area contributed by atoms with Gasteiger partial charge in [-0.1, -0.05) is 13.0 Å². The van der Waals surface area contributed by atoms with E-state index in [1.165, 1.54) is 0 Å². The fourth-order valence-electron chi connectivity index (χ4n) is 1.51. The van der Waals surface area contributed by atoms with Crippen LogP contribution in [-0.4, -0.2) is 51.8 Å². The smallest absolute Gasteiger partial charge is 0.0589 e. The molecule has 0 amide bonds. The molecular formula is C11H24N2O. The highest BCUT2D eigenvalue weighted by Crippen LogP contribution is 1.98. The molecule has 1 N–H and O–H groups in total. The van der Waals surface area contributed by atoms with Crippen molar-refractivity contribution in [3.8, 4) is 0 Å². The zero-order valence-corrected chi connectivity index (χ0v) is 9.75. The van der Waals surface area contributed by atoms with Gasteiger partial charge in [0, 0.05) is 26.7 Å². The van der Waals surface area contributed by atoms with Crippen molar-refractivity contribution in [2.45, 2.75) is 6.92 Å². The van der Waals surface area contributed by atoms with Gasteiger partial charge in [-0.05, 0) is 19.5 Å². The van der Waals surface area contributed by atoms with Crippen LogP contribution in [0.25, 0.3) is 0 Å². The molecule has 0 spiro atoms. The van der Waals surface area contributed by atoms with Gasteiger partial charge in [0.05, 0.1) is 6.61 Å². The second kappa shape index (κ2) is 9.19. The molecule has 3 heteroatoms. The monoisotopic (exact) mass is 200 g/mol. The summed E-state index contributed by atoms with van der Waals surface area (Å²) in [4.78, 5) is 2.36. The van der Waals surface area contributed by atoms with Gasteiger partial charge >= 0.3 is 0 Å². The van der Waals surface area contributed by atoms with Gasteiger partial charge < -0.3 is 10.1 Å². The Balaban J connectivity index is 3.75. The topological polar surface area (TPSA) is 24.5 Å². The molecule has 0 bridgehead atoms. The van der Waals surface area contributed by atoms with Crippen molar-refractivity contribution in [2.75, 3.05) is 46.9 Å². The minimum atomic E-state index is 0.664. The van der Waals surface area contributed by atoms with Gasteiger partial charge in [0.25, 0.3) is 0 Å². The summed E-state index contributed by atoms with van der Waals surface area (Å²) in [5.74, 6) is 0.664. The van der Waals surface area contributed by atoms with Gasteiger partial charge in [0.2, 0.25) is 0 Å². The molecule has 0 radical (unpaired) electrons. The molecule has 0 rings (SSSR count). The summed E-state index contributed by atoms with van der Waals surface area (Å²) in [5, 5.41) is 3.19. The number of nitrogens with one attached hydrogen (secondary N) is 1.